The lowest BCUT2D eigenvalue weighted by atomic mass is 9.77. The molecule has 2 aromatic carbocycles. The van der Waals surface area contributed by atoms with Crippen LogP contribution >= 0.6 is 0 Å². The highest BCUT2D eigenvalue weighted by Crippen LogP contribution is 2.49. The standard InChI is InChI=1S/C22H27NO2/c1-2-3-13-24-17-11-12-20-19(15-17)22-18(10-7-14-25-22)21(23-20)16-8-5-4-6-9-16/h4-6,8-9,11-12,15,18,21-23H,2-3,7,10,13-14H2,1H3/t18-,21-,22-/m0/s1. The lowest BCUT2D eigenvalue weighted by Crippen LogP contribution is -2.36. The molecule has 1 fully saturated rings. The largest absolute Gasteiger partial charge is 0.494 e. The van der Waals surface area contributed by atoms with Gasteiger partial charge in [-0.15, -0.1) is 0 Å². The molecule has 0 radical (unpaired) electrons. The molecular formula is C22H27NO2. The van der Waals surface area contributed by atoms with Gasteiger partial charge >= 0.3 is 0 Å². The highest BCUT2D eigenvalue weighted by molar-refractivity contribution is 5.59. The van der Waals surface area contributed by atoms with Crippen LogP contribution in [-0.2, 0) is 4.74 Å². The number of rotatable bonds is 5. The monoisotopic (exact) mass is 337 g/mol. The van der Waals surface area contributed by atoms with Gasteiger partial charge in [0.25, 0.3) is 0 Å². The minimum absolute atomic E-state index is 0.157. The number of nitrogens with one attached hydrogen (secondary N) is 1. The molecule has 4 rings (SSSR count). The van der Waals surface area contributed by atoms with E-state index in [0.717, 1.165) is 38.2 Å². The van der Waals surface area contributed by atoms with Crippen LogP contribution in [0.5, 0.6) is 5.75 Å². The van der Waals surface area contributed by atoms with Crippen molar-refractivity contribution in [3.05, 3.63) is 59.7 Å². The fourth-order valence-electron chi connectivity index (χ4n) is 4.06. The van der Waals surface area contributed by atoms with Gasteiger partial charge in [-0.05, 0) is 43.0 Å². The van der Waals surface area contributed by atoms with Crippen molar-refractivity contribution in [1.82, 2.24) is 0 Å². The zero-order valence-electron chi connectivity index (χ0n) is 14.9. The molecule has 1 saturated heterocycles. The lowest BCUT2D eigenvalue weighted by molar-refractivity contribution is -0.0382. The molecule has 1 N–H and O–H groups in total. The Balaban J connectivity index is 1.64. The van der Waals surface area contributed by atoms with Crippen LogP contribution in [0.3, 0.4) is 0 Å². The first kappa shape index (κ1) is 16.5. The molecule has 2 aromatic rings. The Bertz CT molecular complexity index is 700. The Morgan fingerprint density at radius 2 is 2.04 bits per heavy atom. The minimum atomic E-state index is 0.157. The van der Waals surface area contributed by atoms with Gasteiger partial charge in [0.05, 0.1) is 18.8 Å². The molecule has 2 aliphatic heterocycles. The lowest BCUT2D eigenvalue weighted by Gasteiger charge is -2.43. The Kier molecular flexibility index (Phi) is 4.93. The summed E-state index contributed by atoms with van der Waals surface area (Å²) in [6, 6.07) is 17.5. The second kappa shape index (κ2) is 7.49. The van der Waals surface area contributed by atoms with E-state index in [-0.39, 0.29) is 6.10 Å². The first-order valence-corrected chi connectivity index (χ1v) is 9.56. The Hall–Kier alpha value is -2.00. The number of fused-ring (bicyclic) bond motifs is 3. The van der Waals surface area contributed by atoms with Gasteiger partial charge in [-0.2, -0.15) is 0 Å². The molecule has 3 nitrogen and oxygen atoms in total. The topological polar surface area (TPSA) is 30.5 Å². The van der Waals surface area contributed by atoms with Crippen LogP contribution in [0.15, 0.2) is 48.5 Å². The fraction of sp³-hybridized carbons (Fsp3) is 0.455. The van der Waals surface area contributed by atoms with E-state index < -0.39 is 0 Å². The van der Waals surface area contributed by atoms with Gasteiger partial charge in [0.15, 0.2) is 0 Å². The average Bonchev–Trinajstić information content (AvgIpc) is 2.68. The smallest absolute Gasteiger partial charge is 0.119 e. The van der Waals surface area contributed by atoms with Crippen molar-refractivity contribution in [2.45, 2.75) is 44.8 Å². The Labute approximate surface area is 150 Å². The molecule has 3 heteroatoms. The van der Waals surface area contributed by atoms with E-state index in [2.05, 4.69) is 60.8 Å². The molecule has 0 saturated carbocycles. The van der Waals surface area contributed by atoms with Gasteiger partial charge in [0.2, 0.25) is 0 Å². The molecule has 3 atom stereocenters. The third-order valence-corrected chi connectivity index (χ3v) is 5.36. The summed E-state index contributed by atoms with van der Waals surface area (Å²) in [7, 11) is 0. The Morgan fingerprint density at radius 1 is 1.16 bits per heavy atom. The summed E-state index contributed by atoms with van der Waals surface area (Å²) < 4.78 is 12.2. The van der Waals surface area contributed by atoms with Crippen LogP contribution in [0.25, 0.3) is 0 Å². The molecule has 0 aliphatic carbocycles. The SMILES string of the molecule is CCCCOc1ccc2c(c1)[C@H]1OCCC[C@H]1[C@H](c1ccccc1)N2. The predicted molar refractivity (Wildman–Crippen MR) is 101 cm³/mol. The van der Waals surface area contributed by atoms with Crippen molar-refractivity contribution in [2.75, 3.05) is 18.5 Å². The summed E-state index contributed by atoms with van der Waals surface area (Å²) in [5.74, 6) is 1.43. The van der Waals surface area contributed by atoms with Crippen LogP contribution in [0.1, 0.15) is 55.9 Å². The molecule has 132 valence electrons. The second-order valence-corrected chi connectivity index (χ2v) is 7.08. The highest BCUT2D eigenvalue weighted by atomic mass is 16.5. The normalized spacial score (nSPS) is 24.8. The number of unbranched alkanes of at least 4 members (excludes halogenated alkanes) is 1. The quantitative estimate of drug-likeness (QED) is 0.731. The van der Waals surface area contributed by atoms with E-state index >= 15 is 0 Å². The van der Waals surface area contributed by atoms with E-state index in [9.17, 15) is 0 Å². The van der Waals surface area contributed by atoms with Gasteiger partial charge in [-0.1, -0.05) is 43.7 Å². The van der Waals surface area contributed by atoms with Crippen molar-refractivity contribution in [1.29, 1.82) is 0 Å². The van der Waals surface area contributed by atoms with Gasteiger partial charge in [-0.3, -0.25) is 0 Å². The summed E-state index contributed by atoms with van der Waals surface area (Å²) in [4.78, 5) is 0. The van der Waals surface area contributed by atoms with Gasteiger partial charge in [0.1, 0.15) is 5.75 Å². The highest BCUT2D eigenvalue weighted by Gasteiger charge is 2.39. The zero-order chi connectivity index (χ0) is 17.1. The van der Waals surface area contributed by atoms with Crippen molar-refractivity contribution >= 4 is 5.69 Å². The molecule has 0 spiro atoms. The van der Waals surface area contributed by atoms with E-state index in [4.69, 9.17) is 9.47 Å². The number of anilines is 1. The molecule has 25 heavy (non-hydrogen) atoms. The van der Waals surface area contributed by atoms with Crippen molar-refractivity contribution in [3.63, 3.8) is 0 Å². The average molecular weight is 337 g/mol. The van der Waals surface area contributed by atoms with E-state index in [1.54, 1.807) is 0 Å². The fourth-order valence-corrected chi connectivity index (χ4v) is 4.06. The molecule has 2 aliphatic rings. The van der Waals surface area contributed by atoms with Crippen LogP contribution in [0.2, 0.25) is 0 Å². The summed E-state index contributed by atoms with van der Waals surface area (Å²) >= 11 is 0. The third kappa shape index (κ3) is 3.38. The number of hydrogen-bond donors (Lipinski definition) is 1. The van der Waals surface area contributed by atoms with Crippen LogP contribution in [0, 0.1) is 5.92 Å². The predicted octanol–water partition coefficient (Wildman–Crippen LogP) is 5.50. The summed E-state index contributed by atoms with van der Waals surface area (Å²) in [5, 5.41) is 3.77. The third-order valence-electron chi connectivity index (χ3n) is 5.36. The minimum Gasteiger partial charge on any atom is -0.494 e. The first-order chi connectivity index (χ1) is 12.4. The molecule has 0 bridgehead atoms. The van der Waals surface area contributed by atoms with Crippen molar-refractivity contribution < 1.29 is 9.47 Å². The van der Waals surface area contributed by atoms with Gasteiger partial charge < -0.3 is 14.8 Å². The number of hydrogen-bond acceptors (Lipinski definition) is 3. The molecule has 0 amide bonds. The first-order valence-electron chi connectivity index (χ1n) is 9.56. The second-order valence-electron chi connectivity index (χ2n) is 7.08. The van der Waals surface area contributed by atoms with E-state index in [1.807, 2.05) is 0 Å². The Morgan fingerprint density at radius 3 is 2.88 bits per heavy atom. The molecule has 2 heterocycles. The van der Waals surface area contributed by atoms with E-state index in [1.165, 1.54) is 23.2 Å². The maximum atomic E-state index is 6.25. The zero-order valence-corrected chi connectivity index (χ0v) is 14.9. The number of benzene rings is 2. The molecule has 0 unspecified atom stereocenters. The maximum Gasteiger partial charge on any atom is 0.119 e. The van der Waals surface area contributed by atoms with Gasteiger partial charge in [-0.25, -0.2) is 0 Å². The van der Waals surface area contributed by atoms with Crippen LogP contribution in [0.4, 0.5) is 5.69 Å². The van der Waals surface area contributed by atoms with E-state index in [0.29, 0.717) is 12.0 Å². The molecule has 0 aromatic heterocycles. The van der Waals surface area contributed by atoms with Crippen molar-refractivity contribution in [3.8, 4) is 5.75 Å². The summed E-state index contributed by atoms with van der Waals surface area (Å²) in [5.41, 5.74) is 3.78. The number of ether oxygens (including phenoxy) is 2. The molecular weight excluding hydrogens is 310 g/mol. The van der Waals surface area contributed by atoms with Crippen molar-refractivity contribution in [2.24, 2.45) is 5.92 Å². The van der Waals surface area contributed by atoms with Gasteiger partial charge in [0, 0.05) is 23.8 Å². The van der Waals surface area contributed by atoms with Crippen LogP contribution < -0.4 is 10.1 Å². The van der Waals surface area contributed by atoms with Crippen LogP contribution in [-0.4, -0.2) is 13.2 Å². The summed E-state index contributed by atoms with van der Waals surface area (Å²) in [6.45, 7) is 3.82. The maximum absolute atomic E-state index is 6.25. The summed E-state index contributed by atoms with van der Waals surface area (Å²) in [6.07, 6.45) is 4.73.